The Morgan fingerprint density at radius 1 is 1.21 bits per heavy atom. The molecule has 0 amide bonds. The average Bonchev–Trinajstić information content (AvgIpc) is 3.11. The molecule has 5 nitrogen and oxygen atoms in total. The first-order valence-electron chi connectivity index (χ1n) is 10.1. The number of benzene rings is 1. The molecular weight excluding hydrogens is 376 g/mol. The van der Waals surface area contributed by atoms with Crippen molar-refractivity contribution < 1.29 is 18.3 Å². The summed E-state index contributed by atoms with van der Waals surface area (Å²) in [4.78, 5) is 2.22. The third-order valence-corrected chi connectivity index (χ3v) is 4.94. The van der Waals surface area contributed by atoms with Gasteiger partial charge in [0.05, 0.1) is 18.5 Å². The topological polar surface area (TPSA) is 50.4 Å². The third kappa shape index (κ3) is 6.51. The van der Waals surface area contributed by atoms with Crippen LogP contribution in [0.5, 0.6) is 5.75 Å². The van der Waals surface area contributed by atoms with Gasteiger partial charge in [-0.3, -0.25) is 5.10 Å². The Balaban J connectivity index is 2.37. The molecule has 1 heterocycles. The van der Waals surface area contributed by atoms with Crippen LogP contribution in [0.15, 0.2) is 18.3 Å². The van der Waals surface area contributed by atoms with Gasteiger partial charge in [0.2, 0.25) is 0 Å². The lowest BCUT2D eigenvalue weighted by Crippen LogP contribution is -2.19. The van der Waals surface area contributed by atoms with Crippen LogP contribution in [-0.2, 0) is 17.2 Å². The molecule has 162 valence electrons. The van der Waals surface area contributed by atoms with Crippen molar-refractivity contribution in [2.24, 2.45) is 0 Å². The van der Waals surface area contributed by atoms with E-state index in [2.05, 4.69) is 29.1 Å². The van der Waals surface area contributed by atoms with E-state index in [1.54, 1.807) is 20.2 Å². The molecule has 29 heavy (non-hydrogen) atoms. The highest BCUT2D eigenvalue weighted by atomic mass is 19.3. The van der Waals surface area contributed by atoms with E-state index in [4.69, 9.17) is 9.47 Å². The SMILES string of the molecule is CCCCN(C)Cc1cn[nH]c1-c1cc(OCCCOC)cc(C(C)(F)F)c1C. The zero-order chi connectivity index (χ0) is 21.4. The average molecular weight is 410 g/mol. The molecule has 0 saturated carbocycles. The van der Waals surface area contributed by atoms with Gasteiger partial charge in [0.25, 0.3) is 5.92 Å². The van der Waals surface area contributed by atoms with Crippen molar-refractivity contribution in [1.29, 1.82) is 0 Å². The second-order valence-electron chi connectivity index (χ2n) is 7.59. The molecule has 0 aliphatic carbocycles. The summed E-state index contributed by atoms with van der Waals surface area (Å²) in [5.41, 5.74) is 2.94. The maximum atomic E-state index is 14.3. The van der Waals surface area contributed by atoms with E-state index in [0.29, 0.717) is 43.1 Å². The van der Waals surface area contributed by atoms with Crippen LogP contribution in [0.4, 0.5) is 8.78 Å². The summed E-state index contributed by atoms with van der Waals surface area (Å²) in [6.45, 7) is 7.43. The van der Waals surface area contributed by atoms with Gasteiger partial charge in [0.1, 0.15) is 5.75 Å². The Kier molecular flexibility index (Phi) is 8.59. The number of hydrogen-bond donors (Lipinski definition) is 1. The Morgan fingerprint density at radius 2 is 1.97 bits per heavy atom. The van der Waals surface area contributed by atoms with Crippen LogP contribution in [0, 0.1) is 6.92 Å². The molecule has 0 fully saturated rings. The Labute approximate surface area is 172 Å². The molecule has 1 N–H and O–H groups in total. The quantitative estimate of drug-likeness (QED) is 0.493. The Morgan fingerprint density at radius 3 is 2.62 bits per heavy atom. The van der Waals surface area contributed by atoms with Gasteiger partial charge in [-0.05, 0) is 44.6 Å². The minimum atomic E-state index is -2.97. The van der Waals surface area contributed by atoms with Gasteiger partial charge >= 0.3 is 0 Å². The summed E-state index contributed by atoms with van der Waals surface area (Å²) < 4.78 is 39.4. The van der Waals surface area contributed by atoms with Gasteiger partial charge in [-0.2, -0.15) is 5.10 Å². The van der Waals surface area contributed by atoms with Crippen molar-refractivity contribution >= 4 is 0 Å². The molecule has 1 aromatic carbocycles. The van der Waals surface area contributed by atoms with Crippen LogP contribution in [0.3, 0.4) is 0 Å². The van der Waals surface area contributed by atoms with Gasteiger partial charge in [-0.15, -0.1) is 0 Å². The minimum Gasteiger partial charge on any atom is -0.493 e. The van der Waals surface area contributed by atoms with Crippen molar-refractivity contribution in [2.45, 2.75) is 52.5 Å². The fourth-order valence-electron chi connectivity index (χ4n) is 3.34. The van der Waals surface area contributed by atoms with Crippen molar-refractivity contribution in [1.82, 2.24) is 15.1 Å². The smallest absolute Gasteiger partial charge is 0.270 e. The van der Waals surface area contributed by atoms with E-state index in [0.717, 1.165) is 37.6 Å². The summed E-state index contributed by atoms with van der Waals surface area (Å²) in [7, 11) is 3.68. The highest BCUT2D eigenvalue weighted by molar-refractivity contribution is 5.70. The number of hydrogen-bond acceptors (Lipinski definition) is 4. The molecule has 2 aromatic rings. The van der Waals surface area contributed by atoms with Crippen LogP contribution in [0.1, 0.15) is 49.8 Å². The van der Waals surface area contributed by atoms with Crippen LogP contribution in [-0.4, -0.2) is 49.0 Å². The number of halogens is 2. The van der Waals surface area contributed by atoms with Crippen molar-refractivity contribution in [2.75, 3.05) is 33.9 Å². The number of alkyl halides is 2. The Hall–Kier alpha value is -1.99. The molecule has 0 bridgehead atoms. The Bertz CT molecular complexity index is 772. The monoisotopic (exact) mass is 409 g/mol. The molecule has 2 rings (SSSR count). The van der Waals surface area contributed by atoms with E-state index >= 15 is 0 Å². The number of aromatic amines is 1. The summed E-state index contributed by atoms with van der Waals surface area (Å²) in [6, 6.07) is 3.26. The summed E-state index contributed by atoms with van der Waals surface area (Å²) in [6.07, 6.45) is 4.70. The van der Waals surface area contributed by atoms with Crippen LogP contribution < -0.4 is 4.74 Å². The molecule has 0 spiro atoms. The number of nitrogens with one attached hydrogen (secondary N) is 1. The molecule has 0 unspecified atom stereocenters. The minimum absolute atomic E-state index is 0.0309. The number of rotatable bonds is 12. The van der Waals surface area contributed by atoms with Crippen molar-refractivity contribution in [3.63, 3.8) is 0 Å². The molecule has 0 saturated heterocycles. The lowest BCUT2D eigenvalue weighted by molar-refractivity contribution is 0.0166. The number of ether oxygens (including phenoxy) is 2. The molecule has 0 atom stereocenters. The largest absolute Gasteiger partial charge is 0.493 e. The van der Waals surface area contributed by atoms with Crippen LogP contribution >= 0.6 is 0 Å². The van der Waals surface area contributed by atoms with Gasteiger partial charge < -0.3 is 14.4 Å². The number of H-pyrrole nitrogens is 1. The van der Waals surface area contributed by atoms with E-state index in [9.17, 15) is 8.78 Å². The second kappa shape index (κ2) is 10.7. The highest BCUT2D eigenvalue weighted by Crippen LogP contribution is 2.38. The van der Waals surface area contributed by atoms with Gasteiger partial charge in [0.15, 0.2) is 0 Å². The summed E-state index contributed by atoms with van der Waals surface area (Å²) >= 11 is 0. The zero-order valence-electron chi connectivity index (χ0n) is 18.1. The van der Waals surface area contributed by atoms with E-state index < -0.39 is 5.92 Å². The maximum Gasteiger partial charge on any atom is 0.270 e. The standard InChI is InChI=1S/C22H33F2N3O2/c1-6-7-9-27(4)15-17-14-25-26-21(17)19-12-18(29-11-8-10-28-5)13-20(16(19)2)22(3,23)24/h12-14H,6-11,15H2,1-5H3,(H,25,26). The lowest BCUT2D eigenvalue weighted by Gasteiger charge is -2.20. The number of unbranched alkanes of at least 4 members (excludes halogenated alkanes) is 1. The van der Waals surface area contributed by atoms with Crippen LogP contribution in [0.2, 0.25) is 0 Å². The number of methoxy groups -OCH3 is 1. The molecule has 0 aliphatic rings. The molecular formula is C22H33F2N3O2. The van der Waals surface area contributed by atoms with E-state index in [1.807, 2.05) is 6.07 Å². The predicted octanol–water partition coefficient (Wildman–Crippen LogP) is 5.14. The van der Waals surface area contributed by atoms with Crippen molar-refractivity contribution in [3.8, 4) is 17.0 Å². The second-order valence-corrected chi connectivity index (χ2v) is 7.59. The zero-order valence-corrected chi connectivity index (χ0v) is 18.1. The van der Waals surface area contributed by atoms with Gasteiger partial charge in [-0.1, -0.05) is 13.3 Å². The number of aromatic nitrogens is 2. The molecule has 0 radical (unpaired) electrons. The fraction of sp³-hybridized carbons (Fsp3) is 0.591. The summed E-state index contributed by atoms with van der Waals surface area (Å²) in [5.74, 6) is -2.54. The van der Waals surface area contributed by atoms with Crippen molar-refractivity contribution in [3.05, 3.63) is 35.0 Å². The lowest BCUT2D eigenvalue weighted by atomic mass is 9.94. The first kappa shape index (κ1) is 23.3. The van der Waals surface area contributed by atoms with Gasteiger partial charge in [0, 0.05) is 50.3 Å². The fourth-order valence-corrected chi connectivity index (χ4v) is 3.34. The normalized spacial score (nSPS) is 12.0. The predicted molar refractivity (Wildman–Crippen MR) is 112 cm³/mol. The molecule has 0 aliphatic heterocycles. The van der Waals surface area contributed by atoms with Gasteiger partial charge in [-0.25, -0.2) is 8.78 Å². The first-order chi connectivity index (χ1) is 13.8. The molecule has 7 heteroatoms. The maximum absolute atomic E-state index is 14.3. The third-order valence-electron chi connectivity index (χ3n) is 4.94. The number of nitrogens with zero attached hydrogens (tertiary/aromatic N) is 2. The first-order valence-corrected chi connectivity index (χ1v) is 10.1. The molecule has 1 aromatic heterocycles. The van der Waals surface area contributed by atoms with E-state index in [-0.39, 0.29) is 5.56 Å². The van der Waals surface area contributed by atoms with E-state index in [1.165, 1.54) is 6.07 Å². The summed E-state index contributed by atoms with van der Waals surface area (Å²) in [5, 5.41) is 7.19. The highest BCUT2D eigenvalue weighted by Gasteiger charge is 2.29. The van der Waals surface area contributed by atoms with Crippen LogP contribution in [0.25, 0.3) is 11.3 Å².